The molecule has 130 valence electrons. The Balaban J connectivity index is 1.36. The van der Waals surface area contributed by atoms with Crippen LogP contribution in [0.25, 0.3) is 0 Å². The van der Waals surface area contributed by atoms with Crippen molar-refractivity contribution in [2.24, 2.45) is 11.3 Å². The first-order valence-electron chi connectivity index (χ1n) is 9.35. The first-order chi connectivity index (χ1) is 11.3. The molecule has 1 aromatic rings. The average molecular weight is 327 g/mol. The van der Waals surface area contributed by atoms with Crippen LogP contribution in [0.2, 0.25) is 0 Å². The number of aryl methyl sites for hydroxylation is 2. The smallest absolute Gasteiger partial charge is 0.225 e. The van der Waals surface area contributed by atoms with Crippen molar-refractivity contribution in [3.05, 3.63) is 34.9 Å². The normalized spacial score (nSPS) is 34.1. The van der Waals surface area contributed by atoms with Gasteiger partial charge in [-0.05, 0) is 69.9 Å². The number of amides is 1. The number of likely N-dealkylation sites (tertiary alicyclic amines) is 1. The summed E-state index contributed by atoms with van der Waals surface area (Å²) < 4.78 is 0. The number of nitrogens with zero attached hydrogens (tertiary/aromatic N) is 1. The van der Waals surface area contributed by atoms with Crippen LogP contribution < -0.4 is 0 Å². The van der Waals surface area contributed by atoms with Gasteiger partial charge in [0.25, 0.3) is 0 Å². The van der Waals surface area contributed by atoms with Gasteiger partial charge in [-0.25, -0.2) is 0 Å². The molecule has 0 aromatic heterocycles. The van der Waals surface area contributed by atoms with Crippen molar-refractivity contribution in [2.45, 2.75) is 64.4 Å². The van der Waals surface area contributed by atoms with Crippen LogP contribution >= 0.6 is 0 Å². The fourth-order valence-corrected chi connectivity index (χ4v) is 5.40. The predicted molar refractivity (Wildman–Crippen MR) is 94.9 cm³/mol. The van der Waals surface area contributed by atoms with E-state index >= 15 is 0 Å². The summed E-state index contributed by atoms with van der Waals surface area (Å²) >= 11 is 0. The maximum atomic E-state index is 12.5. The van der Waals surface area contributed by atoms with Crippen molar-refractivity contribution in [3.63, 3.8) is 0 Å². The quantitative estimate of drug-likeness (QED) is 0.902. The Labute approximate surface area is 145 Å². The Morgan fingerprint density at radius 3 is 2.54 bits per heavy atom. The second-order valence-corrected chi connectivity index (χ2v) is 9.10. The van der Waals surface area contributed by atoms with E-state index in [1.54, 1.807) is 0 Å². The molecule has 2 saturated carbocycles. The molecule has 1 amide bonds. The third-order valence-electron chi connectivity index (χ3n) is 6.65. The highest BCUT2D eigenvalue weighted by atomic mass is 16.3. The molecule has 3 fully saturated rings. The van der Waals surface area contributed by atoms with E-state index in [0.29, 0.717) is 24.2 Å². The van der Waals surface area contributed by atoms with Crippen molar-refractivity contribution < 1.29 is 9.90 Å². The van der Waals surface area contributed by atoms with Crippen LogP contribution in [0.5, 0.6) is 0 Å². The molecule has 24 heavy (non-hydrogen) atoms. The SMILES string of the molecule is Cc1ccc(C2CCC3(C2)CN(C(=O)C2CC(C)(O)C2)C3)c(C)c1. The van der Waals surface area contributed by atoms with Crippen LogP contribution in [0.4, 0.5) is 0 Å². The van der Waals surface area contributed by atoms with Gasteiger partial charge in [-0.3, -0.25) is 4.79 Å². The van der Waals surface area contributed by atoms with Crippen molar-refractivity contribution in [1.29, 1.82) is 0 Å². The molecule has 0 radical (unpaired) electrons. The molecule has 1 unspecified atom stereocenters. The number of carbonyl (C=O) groups excluding carboxylic acids is 1. The summed E-state index contributed by atoms with van der Waals surface area (Å²) in [5.41, 5.74) is 4.02. The lowest BCUT2D eigenvalue weighted by Crippen LogP contribution is -2.61. The van der Waals surface area contributed by atoms with Crippen molar-refractivity contribution in [3.8, 4) is 0 Å². The molecule has 3 nitrogen and oxygen atoms in total. The maximum Gasteiger partial charge on any atom is 0.225 e. The van der Waals surface area contributed by atoms with Gasteiger partial charge in [-0.1, -0.05) is 23.8 Å². The van der Waals surface area contributed by atoms with Crippen molar-refractivity contribution >= 4 is 5.91 Å². The molecule has 3 aliphatic rings. The molecule has 1 aromatic carbocycles. The van der Waals surface area contributed by atoms with E-state index in [0.717, 1.165) is 13.1 Å². The molecule has 1 heterocycles. The van der Waals surface area contributed by atoms with E-state index in [4.69, 9.17) is 0 Å². The highest BCUT2D eigenvalue weighted by molar-refractivity contribution is 5.81. The van der Waals surface area contributed by atoms with E-state index < -0.39 is 5.60 Å². The monoisotopic (exact) mass is 327 g/mol. The average Bonchev–Trinajstić information content (AvgIpc) is 2.87. The molecule has 3 heteroatoms. The van der Waals surface area contributed by atoms with Crippen LogP contribution in [0.3, 0.4) is 0 Å². The molecule has 1 aliphatic heterocycles. The summed E-state index contributed by atoms with van der Waals surface area (Å²) in [6.07, 6.45) is 5.01. The molecule has 1 spiro atoms. The molecule has 4 rings (SSSR count). The van der Waals surface area contributed by atoms with Crippen LogP contribution in [-0.4, -0.2) is 34.6 Å². The molecular formula is C21H29NO2. The number of hydrogen-bond acceptors (Lipinski definition) is 2. The lowest BCUT2D eigenvalue weighted by atomic mass is 9.69. The number of carbonyl (C=O) groups is 1. The number of aliphatic hydroxyl groups is 1. The summed E-state index contributed by atoms with van der Waals surface area (Å²) in [4.78, 5) is 14.5. The van der Waals surface area contributed by atoms with Gasteiger partial charge in [0.05, 0.1) is 5.60 Å². The van der Waals surface area contributed by atoms with Gasteiger partial charge in [0.2, 0.25) is 5.91 Å². The Hall–Kier alpha value is -1.35. The van der Waals surface area contributed by atoms with Gasteiger partial charge in [-0.2, -0.15) is 0 Å². The minimum Gasteiger partial charge on any atom is -0.390 e. The second-order valence-electron chi connectivity index (χ2n) is 9.10. The highest BCUT2D eigenvalue weighted by Crippen LogP contribution is 2.53. The molecule has 2 aliphatic carbocycles. The van der Waals surface area contributed by atoms with E-state index in [1.807, 2.05) is 11.8 Å². The topological polar surface area (TPSA) is 40.5 Å². The standard InChI is InChI=1S/C21H29NO2/c1-14-4-5-18(15(2)8-14)16-6-7-21(11-16)12-22(13-21)19(23)17-9-20(3,24)10-17/h4-5,8,16-17,24H,6-7,9-13H2,1-3H3. The first-order valence-corrected chi connectivity index (χ1v) is 9.35. The molecule has 0 bridgehead atoms. The minimum atomic E-state index is -0.607. The number of hydrogen-bond donors (Lipinski definition) is 1. The van der Waals surface area contributed by atoms with E-state index in [-0.39, 0.29) is 11.8 Å². The van der Waals surface area contributed by atoms with Gasteiger partial charge in [0.15, 0.2) is 0 Å². The highest BCUT2D eigenvalue weighted by Gasteiger charge is 2.53. The Kier molecular flexibility index (Phi) is 3.58. The van der Waals surface area contributed by atoms with E-state index in [1.165, 1.54) is 36.0 Å². The fraction of sp³-hybridized carbons (Fsp3) is 0.667. The van der Waals surface area contributed by atoms with E-state index in [2.05, 4.69) is 32.0 Å². The molecule has 1 atom stereocenters. The third-order valence-corrected chi connectivity index (χ3v) is 6.65. The number of rotatable bonds is 2. The Bertz CT molecular complexity index is 664. The number of benzene rings is 1. The van der Waals surface area contributed by atoms with E-state index in [9.17, 15) is 9.90 Å². The lowest BCUT2D eigenvalue weighted by molar-refractivity contribution is -0.161. The molecule has 1 N–H and O–H groups in total. The first kappa shape index (κ1) is 16.1. The summed E-state index contributed by atoms with van der Waals surface area (Å²) in [6.45, 7) is 8.09. The van der Waals surface area contributed by atoms with Gasteiger partial charge in [0, 0.05) is 24.4 Å². The molecular weight excluding hydrogens is 298 g/mol. The summed E-state index contributed by atoms with van der Waals surface area (Å²) in [6, 6.07) is 6.83. The van der Waals surface area contributed by atoms with Crippen LogP contribution in [0, 0.1) is 25.2 Å². The third kappa shape index (κ3) is 2.67. The Morgan fingerprint density at radius 1 is 1.21 bits per heavy atom. The van der Waals surface area contributed by atoms with Crippen LogP contribution in [0.1, 0.15) is 61.6 Å². The van der Waals surface area contributed by atoms with Gasteiger partial charge < -0.3 is 10.0 Å². The zero-order chi connectivity index (χ0) is 17.1. The zero-order valence-corrected chi connectivity index (χ0v) is 15.1. The van der Waals surface area contributed by atoms with Gasteiger partial charge in [-0.15, -0.1) is 0 Å². The lowest BCUT2D eigenvalue weighted by Gasteiger charge is -2.52. The second kappa shape index (κ2) is 5.32. The zero-order valence-electron chi connectivity index (χ0n) is 15.1. The largest absolute Gasteiger partial charge is 0.390 e. The summed E-state index contributed by atoms with van der Waals surface area (Å²) in [7, 11) is 0. The van der Waals surface area contributed by atoms with Crippen molar-refractivity contribution in [1.82, 2.24) is 4.90 Å². The van der Waals surface area contributed by atoms with Crippen molar-refractivity contribution in [2.75, 3.05) is 13.1 Å². The van der Waals surface area contributed by atoms with Gasteiger partial charge >= 0.3 is 0 Å². The summed E-state index contributed by atoms with van der Waals surface area (Å²) in [5, 5.41) is 9.85. The van der Waals surface area contributed by atoms with Crippen LogP contribution in [0.15, 0.2) is 18.2 Å². The maximum absolute atomic E-state index is 12.5. The van der Waals surface area contributed by atoms with Crippen LogP contribution in [-0.2, 0) is 4.79 Å². The fourth-order valence-electron chi connectivity index (χ4n) is 5.40. The predicted octanol–water partition coefficient (Wildman–Crippen LogP) is 3.56. The minimum absolute atomic E-state index is 0.0638. The van der Waals surface area contributed by atoms with Gasteiger partial charge in [0.1, 0.15) is 0 Å². The Morgan fingerprint density at radius 2 is 1.92 bits per heavy atom. The summed E-state index contributed by atoms with van der Waals surface area (Å²) in [5.74, 6) is 1.00. The molecule has 1 saturated heterocycles.